The van der Waals surface area contributed by atoms with Crippen LogP contribution in [0.3, 0.4) is 0 Å². The molecule has 4 nitrogen and oxygen atoms in total. The summed E-state index contributed by atoms with van der Waals surface area (Å²) >= 11 is 0. The van der Waals surface area contributed by atoms with Crippen molar-refractivity contribution in [3.8, 4) is 5.88 Å². The van der Waals surface area contributed by atoms with E-state index in [2.05, 4.69) is 22.2 Å². The van der Waals surface area contributed by atoms with Gasteiger partial charge >= 0.3 is 0 Å². The number of aromatic nitrogens is 2. The van der Waals surface area contributed by atoms with Crippen molar-refractivity contribution in [3.05, 3.63) is 11.9 Å². The van der Waals surface area contributed by atoms with E-state index in [-0.39, 0.29) is 0 Å². The largest absolute Gasteiger partial charge is 0.478 e. The van der Waals surface area contributed by atoms with E-state index in [1.54, 1.807) is 6.33 Å². The van der Waals surface area contributed by atoms with Crippen molar-refractivity contribution in [2.45, 2.75) is 46.5 Å². The van der Waals surface area contributed by atoms with Gasteiger partial charge in [-0.05, 0) is 38.5 Å². The summed E-state index contributed by atoms with van der Waals surface area (Å²) in [7, 11) is 0. The van der Waals surface area contributed by atoms with Crippen LogP contribution in [0.1, 0.15) is 45.1 Å². The minimum atomic E-state index is 0.636. The van der Waals surface area contributed by atoms with Gasteiger partial charge in [-0.2, -0.15) is 0 Å². The number of anilines is 1. The Labute approximate surface area is 116 Å². The van der Waals surface area contributed by atoms with Gasteiger partial charge in [0.1, 0.15) is 12.1 Å². The van der Waals surface area contributed by atoms with Crippen LogP contribution < -0.4 is 10.1 Å². The fourth-order valence-corrected chi connectivity index (χ4v) is 2.88. The monoisotopic (exact) mass is 263 g/mol. The van der Waals surface area contributed by atoms with Crippen molar-refractivity contribution in [1.82, 2.24) is 9.97 Å². The fraction of sp³-hybridized carbons (Fsp3) is 0.733. The highest BCUT2D eigenvalue weighted by molar-refractivity contribution is 5.47. The van der Waals surface area contributed by atoms with Gasteiger partial charge in [-0.15, -0.1) is 0 Å². The lowest BCUT2D eigenvalue weighted by molar-refractivity contribution is 0.293. The predicted octanol–water partition coefficient (Wildman–Crippen LogP) is 3.42. The quantitative estimate of drug-likeness (QED) is 0.884. The molecule has 1 heterocycles. The smallest absolute Gasteiger partial charge is 0.221 e. The van der Waals surface area contributed by atoms with Crippen LogP contribution in [-0.4, -0.2) is 23.1 Å². The third-order valence-corrected chi connectivity index (χ3v) is 3.92. The molecule has 1 fully saturated rings. The molecule has 1 aromatic rings. The molecule has 2 unspecified atom stereocenters. The Morgan fingerprint density at radius 3 is 2.95 bits per heavy atom. The van der Waals surface area contributed by atoms with Gasteiger partial charge in [0.2, 0.25) is 5.88 Å². The van der Waals surface area contributed by atoms with Crippen LogP contribution in [-0.2, 0) is 0 Å². The lowest BCUT2D eigenvalue weighted by Crippen LogP contribution is -2.21. The standard InChI is InChI=1S/C15H25N3O/c1-4-19-15-12(3)14(17-10-18-15)16-9-13-7-5-6-11(2)8-13/h10-11,13H,4-9H2,1-3H3,(H,16,17,18). The Morgan fingerprint density at radius 1 is 1.37 bits per heavy atom. The molecule has 4 heteroatoms. The van der Waals surface area contributed by atoms with Crippen LogP contribution in [0.25, 0.3) is 0 Å². The zero-order valence-electron chi connectivity index (χ0n) is 12.3. The summed E-state index contributed by atoms with van der Waals surface area (Å²) in [5, 5.41) is 3.47. The van der Waals surface area contributed by atoms with Crippen molar-refractivity contribution in [3.63, 3.8) is 0 Å². The van der Waals surface area contributed by atoms with Crippen LogP contribution in [0.2, 0.25) is 0 Å². The third kappa shape index (κ3) is 3.82. The number of rotatable bonds is 5. The SMILES string of the molecule is CCOc1ncnc(NCC2CCCC(C)C2)c1C. The fourth-order valence-electron chi connectivity index (χ4n) is 2.88. The second-order valence-electron chi connectivity index (χ2n) is 5.60. The number of hydrogen-bond donors (Lipinski definition) is 1. The lowest BCUT2D eigenvalue weighted by atomic mass is 9.82. The maximum atomic E-state index is 5.50. The molecule has 1 saturated carbocycles. The third-order valence-electron chi connectivity index (χ3n) is 3.92. The zero-order valence-corrected chi connectivity index (χ0v) is 12.3. The molecule has 0 aliphatic heterocycles. The molecule has 1 N–H and O–H groups in total. The summed E-state index contributed by atoms with van der Waals surface area (Å²) < 4.78 is 5.50. The summed E-state index contributed by atoms with van der Waals surface area (Å²) in [4.78, 5) is 8.48. The van der Waals surface area contributed by atoms with Gasteiger partial charge in [-0.1, -0.05) is 19.8 Å². The molecule has 1 aromatic heterocycles. The van der Waals surface area contributed by atoms with Crippen LogP contribution in [0.15, 0.2) is 6.33 Å². The van der Waals surface area contributed by atoms with Crippen LogP contribution >= 0.6 is 0 Å². The summed E-state index contributed by atoms with van der Waals surface area (Å²) in [6, 6.07) is 0. The zero-order chi connectivity index (χ0) is 13.7. The van der Waals surface area contributed by atoms with E-state index in [0.717, 1.165) is 29.8 Å². The van der Waals surface area contributed by atoms with E-state index in [9.17, 15) is 0 Å². The molecule has 1 aliphatic carbocycles. The van der Waals surface area contributed by atoms with E-state index in [1.165, 1.54) is 25.7 Å². The molecular weight excluding hydrogens is 238 g/mol. The second-order valence-corrected chi connectivity index (χ2v) is 5.60. The minimum absolute atomic E-state index is 0.636. The van der Waals surface area contributed by atoms with E-state index < -0.39 is 0 Å². The molecule has 106 valence electrons. The normalized spacial score (nSPS) is 23.1. The number of ether oxygens (including phenoxy) is 1. The Bertz CT molecular complexity index is 408. The van der Waals surface area contributed by atoms with Gasteiger partial charge in [-0.25, -0.2) is 9.97 Å². The molecule has 0 radical (unpaired) electrons. The molecule has 0 amide bonds. The van der Waals surface area contributed by atoms with E-state index in [1.807, 2.05) is 13.8 Å². The topological polar surface area (TPSA) is 47.0 Å². The molecule has 19 heavy (non-hydrogen) atoms. The maximum Gasteiger partial charge on any atom is 0.221 e. The lowest BCUT2D eigenvalue weighted by Gasteiger charge is -2.27. The molecule has 2 rings (SSSR count). The highest BCUT2D eigenvalue weighted by Crippen LogP contribution is 2.29. The number of nitrogens with zero attached hydrogens (tertiary/aromatic N) is 2. The van der Waals surface area contributed by atoms with Crippen molar-refractivity contribution in [1.29, 1.82) is 0 Å². The predicted molar refractivity (Wildman–Crippen MR) is 77.5 cm³/mol. The first-order valence-electron chi connectivity index (χ1n) is 7.39. The molecule has 0 saturated heterocycles. The van der Waals surface area contributed by atoms with Gasteiger partial charge in [0.15, 0.2) is 0 Å². The Hall–Kier alpha value is -1.32. The molecular formula is C15H25N3O. The molecule has 1 aliphatic rings. The molecule has 0 aromatic carbocycles. The van der Waals surface area contributed by atoms with Crippen molar-refractivity contribution < 1.29 is 4.74 Å². The van der Waals surface area contributed by atoms with Gasteiger partial charge < -0.3 is 10.1 Å². The highest BCUT2D eigenvalue weighted by Gasteiger charge is 2.19. The second kappa shape index (κ2) is 6.73. The number of nitrogens with one attached hydrogen (secondary N) is 1. The minimum Gasteiger partial charge on any atom is -0.478 e. The van der Waals surface area contributed by atoms with E-state index in [0.29, 0.717) is 12.5 Å². The summed E-state index contributed by atoms with van der Waals surface area (Å²) in [6.07, 6.45) is 6.98. The van der Waals surface area contributed by atoms with Crippen LogP contribution in [0.5, 0.6) is 5.88 Å². The molecule has 0 bridgehead atoms. The van der Waals surface area contributed by atoms with E-state index >= 15 is 0 Å². The Kier molecular flexibility index (Phi) is 5.00. The van der Waals surface area contributed by atoms with Crippen molar-refractivity contribution in [2.24, 2.45) is 11.8 Å². The first-order valence-corrected chi connectivity index (χ1v) is 7.39. The van der Waals surface area contributed by atoms with E-state index in [4.69, 9.17) is 4.74 Å². The van der Waals surface area contributed by atoms with Crippen LogP contribution in [0, 0.1) is 18.8 Å². The average molecular weight is 263 g/mol. The van der Waals surface area contributed by atoms with Crippen LogP contribution in [0.4, 0.5) is 5.82 Å². The number of hydrogen-bond acceptors (Lipinski definition) is 4. The first-order chi connectivity index (χ1) is 9.20. The summed E-state index contributed by atoms with van der Waals surface area (Å²) in [6.45, 7) is 7.98. The molecule has 2 atom stereocenters. The Balaban J connectivity index is 1.93. The van der Waals surface area contributed by atoms with Crippen molar-refractivity contribution in [2.75, 3.05) is 18.5 Å². The maximum absolute atomic E-state index is 5.50. The Morgan fingerprint density at radius 2 is 2.21 bits per heavy atom. The molecule has 0 spiro atoms. The van der Waals surface area contributed by atoms with Gasteiger partial charge in [0, 0.05) is 6.54 Å². The van der Waals surface area contributed by atoms with Crippen molar-refractivity contribution >= 4 is 5.82 Å². The summed E-state index contributed by atoms with van der Waals surface area (Å²) in [5.41, 5.74) is 1.01. The highest BCUT2D eigenvalue weighted by atomic mass is 16.5. The average Bonchev–Trinajstić information content (AvgIpc) is 2.40. The summed E-state index contributed by atoms with van der Waals surface area (Å²) in [5.74, 6) is 3.24. The van der Waals surface area contributed by atoms with Gasteiger partial charge in [-0.3, -0.25) is 0 Å². The first kappa shape index (κ1) is 14.1. The van der Waals surface area contributed by atoms with Gasteiger partial charge in [0.05, 0.1) is 12.2 Å². The van der Waals surface area contributed by atoms with Gasteiger partial charge in [0.25, 0.3) is 0 Å².